The van der Waals surface area contributed by atoms with E-state index in [0.717, 1.165) is 19.4 Å². The molecule has 0 aliphatic carbocycles. The number of rotatable bonds is 10. The lowest BCUT2D eigenvalue weighted by Crippen LogP contribution is -2.16. The summed E-state index contributed by atoms with van der Waals surface area (Å²) in [6.45, 7) is 4.38. The van der Waals surface area contributed by atoms with Crippen molar-refractivity contribution in [2.45, 2.75) is 31.4 Å². The van der Waals surface area contributed by atoms with E-state index < -0.39 is 11.2 Å². The minimum absolute atomic E-state index is 0.414. The van der Waals surface area contributed by atoms with Gasteiger partial charge in [-0.1, -0.05) is 13.3 Å². The van der Waals surface area contributed by atoms with E-state index in [2.05, 4.69) is 19.6 Å². The van der Waals surface area contributed by atoms with Crippen LogP contribution < -0.4 is 0 Å². The van der Waals surface area contributed by atoms with Crippen LogP contribution in [0.3, 0.4) is 0 Å². The number of ether oxygens (including phenoxy) is 2. The van der Waals surface area contributed by atoms with Crippen molar-refractivity contribution >= 4 is 18.6 Å². The van der Waals surface area contributed by atoms with Crippen LogP contribution in [0.5, 0.6) is 0 Å². The third-order valence-electron chi connectivity index (χ3n) is 1.83. The largest absolute Gasteiger partial charge is 0.480 e. The lowest BCUT2D eigenvalue weighted by molar-refractivity contribution is -0.136. The van der Waals surface area contributed by atoms with Crippen molar-refractivity contribution < 1.29 is 19.4 Å². The SMILES string of the molecule is CCCCOCCOCCC(S)C(=O)O. The molecule has 0 spiro atoms. The maximum Gasteiger partial charge on any atom is 0.316 e. The summed E-state index contributed by atoms with van der Waals surface area (Å²) in [4.78, 5) is 10.4. The van der Waals surface area contributed by atoms with E-state index in [-0.39, 0.29) is 0 Å². The Kier molecular flexibility index (Phi) is 10.1. The molecule has 1 atom stereocenters. The Morgan fingerprint density at radius 3 is 2.40 bits per heavy atom. The zero-order valence-corrected chi connectivity index (χ0v) is 10.0. The first kappa shape index (κ1) is 14.7. The van der Waals surface area contributed by atoms with Gasteiger partial charge in [0, 0.05) is 13.2 Å². The van der Waals surface area contributed by atoms with Crippen molar-refractivity contribution in [2.75, 3.05) is 26.4 Å². The number of hydrogen-bond acceptors (Lipinski definition) is 4. The van der Waals surface area contributed by atoms with Crippen molar-refractivity contribution in [1.29, 1.82) is 0 Å². The highest BCUT2D eigenvalue weighted by Crippen LogP contribution is 2.01. The first-order chi connectivity index (χ1) is 7.18. The summed E-state index contributed by atoms with van der Waals surface area (Å²) in [5.74, 6) is -0.902. The van der Waals surface area contributed by atoms with Crippen LogP contribution in [-0.4, -0.2) is 42.8 Å². The van der Waals surface area contributed by atoms with E-state index >= 15 is 0 Å². The van der Waals surface area contributed by atoms with Gasteiger partial charge in [0.25, 0.3) is 0 Å². The van der Waals surface area contributed by atoms with Gasteiger partial charge in [0.05, 0.1) is 13.2 Å². The van der Waals surface area contributed by atoms with Crippen LogP contribution in [0, 0.1) is 0 Å². The highest BCUT2D eigenvalue weighted by molar-refractivity contribution is 7.81. The molecule has 0 aromatic heterocycles. The predicted molar refractivity (Wildman–Crippen MR) is 61.6 cm³/mol. The van der Waals surface area contributed by atoms with Gasteiger partial charge < -0.3 is 14.6 Å². The van der Waals surface area contributed by atoms with Crippen molar-refractivity contribution in [1.82, 2.24) is 0 Å². The van der Waals surface area contributed by atoms with Gasteiger partial charge in [-0.05, 0) is 12.8 Å². The third-order valence-corrected chi connectivity index (χ3v) is 2.31. The van der Waals surface area contributed by atoms with Gasteiger partial charge in [-0.2, -0.15) is 12.6 Å². The van der Waals surface area contributed by atoms with Crippen molar-refractivity contribution in [3.8, 4) is 0 Å². The summed E-state index contributed by atoms with van der Waals surface area (Å²) in [6.07, 6.45) is 2.62. The Morgan fingerprint density at radius 1 is 1.27 bits per heavy atom. The highest BCUT2D eigenvalue weighted by atomic mass is 32.1. The van der Waals surface area contributed by atoms with Crippen LogP contribution in [0.4, 0.5) is 0 Å². The van der Waals surface area contributed by atoms with Crippen LogP contribution >= 0.6 is 12.6 Å². The molecule has 0 rings (SSSR count). The van der Waals surface area contributed by atoms with Gasteiger partial charge in [-0.15, -0.1) is 0 Å². The van der Waals surface area contributed by atoms with Gasteiger partial charge in [0.1, 0.15) is 5.25 Å². The molecule has 0 aromatic rings. The van der Waals surface area contributed by atoms with Crippen LogP contribution in [-0.2, 0) is 14.3 Å². The molecule has 0 amide bonds. The van der Waals surface area contributed by atoms with Gasteiger partial charge >= 0.3 is 5.97 Å². The summed E-state index contributed by atoms with van der Waals surface area (Å²) in [5, 5.41) is 7.89. The van der Waals surface area contributed by atoms with Crippen LogP contribution in [0.2, 0.25) is 0 Å². The lowest BCUT2D eigenvalue weighted by atomic mass is 10.3. The summed E-state index contributed by atoms with van der Waals surface area (Å²) in [6, 6.07) is 0. The number of carboxylic acid groups (broad SMARTS) is 1. The molecule has 1 N–H and O–H groups in total. The number of unbranched alkanes of at least 4 members (excludes halogenated alkanes) is 1. The normalized spacial score (nSPS) is 12.7. The smallest absolute Gasteiger partial charge is 0.316 e. The zero-order chi connectivity index (χ0) is 11.5. The second kappa shape index (κ2) is 10.3. The van der Waals surface area contributed by atoms with Crippen molar-refractivity contribution in [2.24, 2.45) is 0 Å². The molecule has 4 nitrogen and oxygen atoms in total. The fourth-order valence-corrected chi connectivity index (χ4v) is 0.992. The number of aliphatic carboxylic acids is 1. The molecular weight excluding hydrogens is 216 g/mol. The molecule has 0 heterocycles. The van der Waals surface area contributed by atoms with Crippen LogP contribution in [0.15, 0.2) is 0 Å². The molecule has 5 heteroatoms. The van der Waals surface area contributed by atoms with Crippen LogP contribution in [0.25, 0.3) is 0 Å². The Balaban J connectivity index is 3.08. The second-order valence-corrected chi connectivity index (χ2v) is 3.84. The van der Waals surface area contributed by atoms with E-state index in [4.69, 9.17) is 14.6 Å². The minimum Gasteiger partial charge on any atom is -0.480 e. The Bertz CT molecular complexity index is 164. The molecule has 15 heavy (non-hydrogen) atoms. The quantitative estimate of drug-likeness (QED) is 0.447. The monoisotopic (exact) mass is 236 g/mol. The molecule has 0 aliphatic heterocycles. The predicted octanol–water partition coefficient (Wildman–Crippen LogP) is 1.59. The number of thiol groups is 1. The Labute approximate surface area is 96.4 Å². The van der Waals surface area contributed by atoms with Gasteiger partial charge in [-0.3, -0.25) is 4.79 Å². The van der Waals surface area contributed by atoms with Gasteiger partial charge in [-0.25, -0.2) is 0 Å². The molecular formula is C10H20O4S. The van der Waals surface area contributed by atoms with E-state index in [0.29, 0.717) is 26.2 Å². The summed E-state index contributed by atoms with van der Waals surface area (Å²) < 4.78 is 10.5. The summed E-state index contributed by atoms with van der Waals surface area (Å²) in [5.41, 5.74) is 0. The second-order valence-electron chi connectivity index (χ2n) is 3.22. The third kappa shape index (κ3) is 10.0. The summed E-state index contributed by atoms with van der Waals surface area (Å²) >= 11 is 3.89. The fourth-order valence-electron chi connectivity index (χ4n) is 0.887. The van der Waals surface area contributed by atoms with E-state index in [1.54, 1.807) is 0 Å². The molecule has 0 radical (unpaired) electrons. The van der Waals surface area contributed by atoms with E-state index in [1.807, 2.05) is 0 Å². The molecule has 0 aliphatic rings. The standard InChI is InChI=1S/C10H20O4S/c1-2-3-5-13-7-8-14-6-4-9(15)10(11)12/h9,15H,2-8H2,1H3,(H,11,12). The lowest BCUT2D eigenvalue weighted by Gasteiger charge is -2.07. The average Bonchev–Trinajstić information content (AvgIpc) is 2.21. The van der Waals surface area contributed by atoms with E-state index in [9.17, 15) is 4.79 Å². The van der Waals surface area contributed by atoms with Crippen molar-refractivity contribution in [3.63, 3.8) is 0 Å². The molecule has 0 bridgehead atoms. The van der Waals surface area contributed by atoms with E-state index in [1.165, 1.54) is 0 Å². The van der Waals surface area contributed by atoms with Gasteiger partial charge in [0.15, 0.2) is 0 Å². The summed E-state index contributed by atoms with van der Waals surface area (Å²) in [7, 11) is 0. The first-order valence-electron chi connectivity index (χ1n) is 5.24. The average molecular weight is 236 g/mol. The Morgan fingerprint density at radius 2 is 1.87 bits per heavy atom. The molecule has 0 saturated heterocycles. The van der Waals surface area contributed by atoms with Gasteiger partial charge in [0.2, 0.25) is 0 Å². The first-order valence-corrected chi connectivity index (χ1v) is 5.76. The topological polar surface area (TPSA) is 55.8 Å². The maximum atomic E-state index is 10.4. The molecule has 0 fully saturated rings. The maximum absolute atomic E-state index is 10.4. The highest BCUT2D eigenvalue weighted by Gasteiger charge is 2.10. The minimum atomic E-state index is -0.902. The molecule has 90 valence electrons. The molecule has 0 aromatic carbocycles. The Hall–Kier alpha value is -0.260. The molecule has 0 saturated carbocycles. The molecule has 1 unspecified atom stereocenters. The fraction of sp³-hybridized carbons (Fsp3) is 0.900. The number of carboxylic acids is 1. The number of carbonyl (C=O) groups is 1. The zero-order valence-electron chi connectivity index (χ0n) is 9.15. The van der Waals surface area contributed by atoms with Crippen LogP contribution in [0.1, 0.15) is 26.2 Å². The van der Waals surface area contributed by atoms with Crippen molar-refractivity contribution in [3.05, 3.63) is 0 Å². The number of hydrogen-bond donors (Lipinski definition) is 2.